The van der Waals surface area contributed by atoms with Crippen LogP contribution in [-0.4, -0.2) is 123 Å². The van der Waals surface area contributed by atoms with Crippen molar-refractivity contribution >= 4 is 17.8 Å². The van der Waals surface area contributed by atoms with Gasteiger partial charge in [-0.3, -0.25) is 4.79 Å². The molecule has 3 unspecified atom stereocenters. The maximum Gasteiger partial charge on any atom is 0.330 e. The van der Waals surface area contributed by atoms with E-state index in [-0.39, 0.29) is 41.0 Å². The van der Waals surface area contributed by atoms with Crippen LogP contribution in [0.3, 0.4) is 0 Å². The Kier molecular flexibility index (Phi) is 11.0. The van der Waals surface area contributed by atoms with Crippen LogP contribution in [0.1, 0.15) is 34.0 Å². The number of ether oxygens (including phenoxy) is 7. The first kappa shape index (κ1) is 37.0. The number of hydrogen-bond donors (Lipinski definition) is 7. The highest BCUT2D eigenvalue weighted by Gasteiger charge is 2.54. The predicted molar refractivity (Wildman–Crippen MR) is 175 cm³/mol. The number of aromatic hydroxyl groups is 2. The van der Waals surface area contributed by atoms with Gasteiger partial charge < -0.3 is 68.9 Å². The molecule has 6 rings (SSSR count). The highest BCUT2D eigenvalue weighted by Crippen LogP contribution is 2.38. The van der Waals surface area contributed by atoms with Crippen LogP contribution in [-0.2, 0) is 23.7 Å². The lowest BCUT2D eigenvalue weighted by Gasteiger charge is -2.42. The number of Topliss-reactive ketones (excluding diaryl/α,β-unsaturated/α-hetero) is 1. The summed E-state index contributed by atoms with van der Waals surface area (Å²) in [4.78, 5) is 25.1. The molecule has 0 bridgehead atoms. The Hall–Kier alpha value is -4.78. The SMILES string of the molecule is COc1cc(/C=C/C(=O)OCC2(O)CO[C@@H](OC3[C@H](Oc4ccc([C@H]5CC(=O)c6ccc(O)cc6O5)cc4)OC(CO)[C@@H](O)[C@@H]3O)[C@H]2O)ccc1O. The monoisotopic (exact) mass is 726 g/mol. The average molecular weight is 727 g/mol. The van der Waals surface area contributed by atoms with Gasteiger partial charge in [-0.2, -0.15) is 0 Å². The van der Waals surface area contributed by atoms with Crippen LogP contribution < -0.4 is 14.2 Å². The second-order valence-corrected chi connectivity index (χ2v) is 12.5. The summed E-state index contributed by atoms with van der Waals surface area (Å²) < 4.78 is 39.0. The number of rotatable bonds is 11. The summed E-state index contributed by atoms with van der Waals surface area (Å²) in [6.45, 7) is -1.93. The lowest BCUT2D eigenvalue weighted by atomic mass is 9.96. The predicted octanol–water partition coefficient (Wildman–Crippen LogP) is 0.721. The molecule has 9 atom stereocenters. The number of phenols is 2. The van der Waals surface area contributed by atoms with E-state index < -0.39 is 80.6 Å². The zero-order chi connectivity index (χ0) is 37.2. The van der Waals surface area contributed by atoms with Crippen LogP contribution in [0.4, 0.5) is 0 Å². The van der Waals surface area contributed by atoms with E-state index in [4.69, 9.17) is 33.2 Å². The van der Waals surface area contributed by atoms with Gasteiger partial charge in [-0.25, -0.2) is 4.79 Å². The molecule has 0 aliphatic carbocycles. The van der Waals surface area contributed by atoms with Crippen molar-refractivity contribution in [1.82, 2.24) is 0 Å². The maximum absolute atomic E-state index is 12.7. The molecule has 52 heavy (non-hydrogen) atoms. The minimum absolute atomic E-state index is 0.0464. The van der Waals surface area contributed by atoms with Gasteiger partial charge in [0.1, 0.15) is 54.4 Å². The Bertz CT molecular complexity index is 1780. The number of carbonyl (C=O) groups excluding carboxylic acids is 2. The van der Waals surface area contributed by atoms with E-state index in [0.717, 1.165) is 6.08 Å². The van der Waals surface area contributed by atoms with Crippen molar-refractivity contribution in [3.8, 4) is 28.7 Å². The first-order valence-electron chi connectivity index (χ1n) is 16.2. The molecule has 0 radical (unpaired) electrons. The van der Waals surface area contributed by atoms with E-state index in [1.807, 2.05) is 0 Å². The summed E-state index contributed by atoms with van der Waals surface area (Å²) in [5.41, 5.74) is -0.631. The second kappa shape index (κ2) is 15.4. The van der Waals surface area contributed by atoms with E-state index in [1.165, 1.54) is 61.7 Å². The quantitative estimate of drug-likeness (QED) is 0.106. The van der Waals surface area contributed by atoms with Gasteiger partial charge in [0.05, 0.1) is 32.3 Å². The van der Waals surface area contributed by atoms with Gasteiger partial charge in [0.2, 0.25) is 6.29 Å². The van der Waals surface area contributed by atoms with Crippen molar-refractivity contribution in [1.29, 1.82) is 0 Å². The maximum atomic E-state index is 12.7. The fraction of sp³-hybridized carbons (Fsp3) is 0.389. The number of aliphatic hydroxyl groups excluding tert-OH is 4. The van der Waals surface area contributed by atoms with Crippen LogP contribution in [0.5, 0.6) is 28.7 Å². The Morgan fingerprint density at radius 2 is 1.77 bits per heavy atom. The number of aliphatic hydroxyl groups is 5. The van der Waals surface area contributed by atoms with Gasteiger partial charge in [0.25, 0.3) is 0 Å². The smallest absolute Gasteiger partial charge is 0.330 e. The second-order valence-electron chi connectivity index (χ2n) is 12.5. The van der Waals surface area contributed by atoms with E-state index in [2.05, 4.69) is 0 Å². The van der Waals surface area contributed by atoms with Crippen molar-refractivity contribution in [3.05, 3.63) is 83.4 Å². The number of methoxy groups -OCH3 is 1. The molecular formula is C36H38O16. The molecule has 2 saturated heterocycles. The number of phenolic OH excluding ortho intramolecular Hbond substituents is 2. The Balaban J connectivity index is 1.09. The number of esters is 1. The molecule has 2 fully saturated rings. The summed E-state index contributed by atoms with van der Waals surface area (Å²) in [5, 5.41) is 72.9. The molecular weight excluding hydrogens is 688 g/mol. The lowest BCUT2D eigenvalue weighted by molar-refractivity contribution is -0.318. The fourth-order valence-electron chi connectivity index (χ4n) is 5.95. The van der Waals surface area contributed by atoms with Gasteiger partial charge in [-0.1, -0.05) is 18.2 Å². The van der Waals surface area contributed by atoms with Crippen LogP contribution in [0.2, 0.25) is 0 Å². The van der Waals surface area contributed by atoms with E-state index in [0.29, 0.717) is 16.7 Å². The minimum atomic E-state index is -2.13. The minimum Gasteiger partial charge on any atom is -0.508 e. The van der Waals surface area contributed by atoms with Gasteiger partial charge in [-0.05, 0) is 53.6 Å². The molecule has 7 N–H and O–H groups in total. The van der Waals surface area contributed by atoms with E-state index in [1.54, 1.807) is 12.1 Å². The fourth-order valence-corrected chi connectivity index (χ4v) is 5.95. The molecule has 16 nitrogen and oxygen atoms in total. The van der Waals surface area contributed by atoms with Crippen LogP contribution >= 0.6 is 0 Å². The lowest BCUT2D eigenvalue weighted by Crippen LogP contribution is -2.62. The van der Waals surface area contributed by atoms with Gasteiger partial charge in [0.15, 0.2) is 35.3 Å². The van der Waals surface area contributed by atoms with Crippen molar-refractivity contribution in [3.63, 3.8) is 0 Å². The summed E-state index contributed by atoms with van der Waals surface area (Å²) in [5.74, 6) is -0.512. The molecule has 3 aromatic carbocycles. The molecule has 3 aromatic rings. The Labute approximate surface area is 296 Å². The number of ketones is 1. The molecule has 0 saturated carbocycles. The highest BCUT2D eigenvalue weighted by molar-refractivity contribution is 6.00. The van der Waals surface area contributed by atoms with E-state index >= 15 is 0 Å². The van der Waals surface area contributed by atoms with Gasteiger partial charge in [0, 0.05) is 12.1 Å². The van der Waals surface area contributed by atoms with E-state index in [9.17, 15) is 45.3 Å². The molecule has 0 spiro atoms. The third-order valence-corrected chi connectivity index (χ3v) is 8.91. The Morgan fingerprint density at radius 1 is 1.00 bits per heavy atom. The third-order valence-electron chi connectivity index (χ3n) is 8.91. The molecule has 16 heteroatoms. The molecule has 3 aliphatic rings. The summed E-state index contributed by atoms with van der Waals surface area (Å²) in [6, 6.07) is 15.0. The van der Waals surface area contributed by atoms with Gasteiger partial charge >= 0.3 is 5.97 Å². The zero-order valence-electron chi connectivity index (χ0n) is 27.7. The van der Waals surface area contributed by atoms with Crippen molar-refractivity contribution < 1.29 is 78.5 Å². The topological polar surface area (TPSA) is 240 Å². The van der Waals surface area contributed by atoms with Crippen LogP contribution in [0.25, 0.3) is 6.08 Å². The highest BCUT2D eigenvalue weighted by atomic mass is 16.8. The van der Waals surface area contributed by atoms with Crippen LogP contribution in [0.15, 0.2) is 66.7 Å². The molecule has 3 aliphatic heterocycles. The zero-order valence-corrected chi connectivity index (χ0v) is 27.7. The van der Waals surface area contributed by atoms with Crippen molar-refractivity contribution in [2.75, 3.05) is 26.9 Å². The Morgan fingerprint density at radius 3 is 2.50 bits per heavy atom. The normalized spacial score (nSPS) is 30.1. The van der Waals surface area contributed by atoms with Crippen LogP contribution in [0, 0.1) is 0 Å². The number of hydrogen-bond acceptors (Lipinski definition) is 16. The van der Waals surface area contributed by atoms with Gasteiger partial charge in [-0.15, -0.1) is 0 Å². The largest absolute Gasteiger partial charge is 0.508 e. The summed E-state index contributed by atoms with van der Waals surface area (Å²) in [6.07, 6.45) is -9.20. The first-order valence-corrected chi connectivity index (χ1v) is 16.2. The number of fused-ring (bicyclic) bond motifs is 1. The first-order chi connectivity index (χ1) is 24.9. The van der Waals surface area contributed by atoms with Crippen molar-refractivity contribution in [2.45, 2.75) is 61.2 Å². The van der Waals surface area contributed by atoms with Crippen molar-refractivity contribution in [2.24, 2.45) is 0 Å². The standard InChI is InChI=1S/C36H38O16/c1-46-27-12-18(2-10-23(27)39)3-11-29(41)47-16-36(45)17-48-35(33(36)44)52-32-31(43)30(42)28(15-37)51-34(32)49-21-7-4-19(5-8-21)25-14-24(40)22-9-6-20(38)13-26(22)50-25/h2-13,25,28,30-35,37-39,42-45H,14-17H2,1H3/b11-3+/t25-,28?,30-,31+,32?,33-,34-,35+,36?/m1/s1. The summed E-state index contributed by atoms with van der Waals surface area (Å²) in [7, 11) is 1.37. The summed E-state index contributed by atoms with van der Waals surface area (Å²) >= 11 is 0. The third kappa shape index (κ3) is 7.84. The average Bonchev–Trinajstić information content (AvgIpc) is 3.42. The number of benzene rings is 3. The molecule has 0 amide bonds. The molecule has 0 aromatic heterocycles. The molecule has 3 heterocycles. The number of carbonyl (C=O) groups is 2. The molecule has 278 valence electrons.